The highest BCUT2D eigenvalue weighted by Gasteiger charge is 2.58. The highest BCUT2D eigenvalue weighted by atomic mass is 19.4. The van der Waals surface area contributed by atoms with Gasteiger partial charge in [-0.15, -0.1) is 0 Å². The molecule has 0 spiro atoms. The lowest BCUT2D eigenvalue weighted by Gasteiger charge is -2.37. The predicted octanol–water partition coefficient (Wildman–Crippen LogP) is 3.32. The van der Waals surface area contributed by atoms with Crippen LogP contribution in [0.2, 0.25) is 0 Å². The van der Waals surface area contributed by atoms with Crippen molar-refractivity contribution >= 4 is 12.0 Å². The number of ether oxygens (including phenoxy) is 1. The van der Waals surface area contributed by atoms with Crippen LogP contribution in [-0.4, -0.2) is 43.1 Å². The number of likely N-dealkylation sites (tertiary alicyclic amines) is 1. The smallest absolute Gasteiger partial charge is 0.416 e. The molecule has 1 aliphatic heterocycles. The molecule has 0 aromatic heterocycles. The number of halogens is 3. The SMILES string of the molecule is COC(=O)NC1CC(C(=O)N2CC3C(C2)C3c2ccc(C)c(C(F)(F)F)c2)C1. The summed E-state index contributed by atoms with van der Waals surface area (Å²) in [6, 6.07) is 4.58. The van der Waals surface area contributed by atoms with E-state index < -0.39 is 17.8 Å². The Morgan fingerprint density at radius 2 is 1.82 bits per heavy atom. The summed E-state index contributed by atoms with van der Waals surface area (Å²) in [7, 11) is 1.30. The fourth-order valence-electron chi connectivity index (χ4n) is 4.77. The molecule has 1 heterocycles. The van der Waals surface area contributed by atoms with E-state index in [0.29, 0.717) is 25.9 Å². The zero-order valence-electron chi connectivity index (χ0n) is 15.8. The maximum Gasteiger partial charge on any atom is 0.416 e. The number of methoxy groups -OCH3 is 1. The Morgan fingerprint density at radius 1 is 1.18 bits per heavy atom. The van der Waals surface area contributed by atoms with Crippen LogP contribution >= 0.6 is 0 Å². The first kappa shape index (κ1) is 19.1. The average molecular weight is 396 g/mol. The first-order valence-electron chi connectivity index (χ1n) is 9.50. The van der Waals surface area contributed by atoms with Crippen LogP contribution in [-0.2, 0) is 15.7 Å². The van der Waals surface area contributed by atoms with Gasteiger partial charge in [0.1, 0.15) is 0 Å². The Hall–Kier alpha value is -2.25. The Balaban J connectivity index is 1.32. The molecule has 1 aromatic rings. The molecular weight excluding hydrogens is 373 g/mol. The van der Waals surface area contributed by atoms with Gasteiger partial charge in [-0.25, -0.2) is 4.79 Å². The van der Waals surface area contributed by atoms with Gasteiger partial charge in [-0.1, -0.05) is 12.1 Å². The fourth-order valence-corrected chi connectivity index (χ4v) is 4.77. The Labute approximate surface area is 161 Å². The molecule has 3 aliphatic rings. The number of carbonyl (C=O) groups excluding carboxylic acids is 2. The lowest BCUT2D eigenvalue weighted by molar-refractivity contribution is -0.138. The Morgan fingerprint density at radius 3 is 2.39 bits per heavy atom. The quantitative estimate of drug-likeness (QED) is 0.853. The van der Waals surface area contributed by atoms with E-state index >= 15 is 0 Å². The highest BCUT2D eigenvalue weighted by Crippen LogP contribution is 2.59. The molecule has 1 saturated heterocycles. The maximum atomic E-state index is 13.2. The van der Waals surface area contributed by atoms with Crippen molar-refractivity contribution in [1.82, 2.24) is 10.2 Å². The second-order valence-electron chi connectivity index (χ2n) is 8.17. The summed E-state index contributed by atoms with van der Waals surface area (Å²) in [4.78, 5) is 25.6. The number of nitrogens with one attached hydrogen (secondary N) is 1. The summed E-state index contributed by atoms with van der Waals surface area (Å²) in [5, 5.41) is 2.69. The van der Waals surface area contributed by atoms with Crippen molar-refractivity contribution in [3.05, 3.63) is 34.9 Å². The van der Waals surface area contributed by atoms with Gasteiger partial charge in [0.2, 0.25) is 5.91 Å². The number of fused-ring (bicyclic) bond motifs is 1. The van der Waals surface area contributed by atoms with Gasteiger partial charge in [0.05, 0.1) is 12.7 Å². The van der Waals surface area contributed by atoms with E-state index in [1.165, 1.54) is 26.2 Å². The van der Waals surface area contributed by atoms with Crippen LogP contribution in [0.1, 0.15) is 35.4 Å². The first-order valence-corrected chi connectivity index (χ1v) is 9.50. The number of carbonyl (C=O) groups is 2. The van der Waals surface area contributed by atoms with E-state index in [9.17, 15) is 22.8 Å². The normalized spacial score (nSPS) is 31.0. The van der Waals surface area contributed by atoms with Gasteiger partial charge in [0, 0.05) is 25.0 Å². The fraction of sp³-hybridized carbons (Fsp3) is 0.600. The van der Waals surface area contributed by atoms with E-state index in [0.717, 1.165) is 5.56 Å². The molecular formula is C20H23F3N2O3. The standard InChI is InChI=1S/C20H23F3N2O3/c1-10-3-4-11(7-16(10)20(21,22)23)17-14-8-25(9-15(14)17)18(26)12-5-13(6-12)24-19(27)28-2/h3-4,7,12-15,17H,5-6,8-9H2,1-2H3,(H,24,27). The molecule has 4 rings (SSSR count). The summed E-state index contributed by atoms with van der Waals surface area (Å²) in [6.45, 7) is 2.69. The Bertz CT molecular complexity index is 792. The minimum absolute atomic E-state index is 0.0281. The number of alkyl carbamates (subject to hydrolysis) is 1. The van der Waals surface area contributed by atoms with Gasteiger partial charge in [-0.2, -0.15) is 13.2 Å². The number of rotatable bonds is 3. The minimum atomic E-state index is -4.34. The monoisotopic (exact) mass is 396 g/mol. The summed E-state index contributed by atoms with van der Waals surface area (Å²) in [5.74, 6) is 0.609. The largest absolute Gasteiger partial charge is 0.453 e. The number of hydrogen-bond donors (Lipinski definition) is 1. The molecule has 3 fully saturated rings. The van der Waals surface area contributed by atoms with E-state index in [2.05, 4.69) is 10.1 Å². The number of amides is 2. The highest BCUT2D eigenvalue weighted by molar-refractivity contribution is 5.81. The van der Waals surface area contributed by atoms with Crippen LogP contribution in [0.4, 0.5) is 18.0 Å². The number of piperidine rings is 1. The van der Waals surface area contributed by atoms with E-state index in [1.54, 1.807) is 6.07 Å². The second kappa shape index (κ2) is 6.67. The van der Waals surface area contributed by atoms with Crippen molar-refractivity contribution in [3.63, 3.8) is 0 Å². The molecule has 1 aromatic carbocycles. The first-order chi connectivity index (χ1) is 13.2. The zero-order valence-corrected chi connectivity index (χ0v) is 15.8. The van der Waals surface area contributed by atoms with E-state index in [-0.39, 0.29) is 41.2 Å². The molecule has 8 heteroatoms. The van der Waals surface area contributed by atoms with Gasteiger partial charge in [-0.05, 0) is 54.7 Å². The summed E-state index contributed by atoms with van der Waals surface area (Å²) >= 11 is 0. The second-order valence-corrected chi connectivity index (χ2v) is 8.17. The van der Waals surface area contributed by atoms with E-state index in [1.807, 2.05) is 4.90 Å². The third-order valence-corrected chi connectivity index (χ3v) is 6.45. The number of alkyl halides is 3. The van der Waals surface area contributed by atoms with Gasteiger partial charge in [0.15, 0.2) is 0 Å². The molecule has 5 nitrogen and oxygen atoms in total. The third-order valence-electron chi connectivity index (χ3n) is 6.45. The predicted molar refractivity (Wildman–Crippen MR) is 94.5 cm³/mol. The molecule has 2 unspecified atom stereocenters. The van der Waals surface area contributed by atoms with Gasteiger partial charge in [-0.3, -0.25) is 4.79 Å². The molecule has 1 N–H and O–H groups in total. The van der Waals surface area contributed by atoms with Crippen LogP contribution in [0.15, 0.2) is 18.2 Å². The lowest BCUT2D eigenvalue weighted by atomic mass is 9.79. The van der Waals surface area contributed by atoms with Gasteiger partial charge < -0.3 is 15.0 Å². The maximum absolute atomic E-state index is 13.2. The summed E-state index contributed by atoms with van der Waals surface area (Å²) < 4.78 is 44.0. The van der Waals surface area contributed by atoms with Crippen molar-refractivity contribution in [3.8, 4) is 0 Å². The van der Waals surface area contributed by atoms with Crippen molar-refractivity contribution in [2.45, 2.75) is 37.9 Å². The number of benzene rings is 1. The van der Waals surface area contributed by atoms with Gasteiger partial charge >= 0.3 is 12.3 Å². The van der Waals surface area contributed by atoms with Crippen molar-refractivity contribution < 1.29 is 27.5 Å². The number of aryl methyl sites for hydroxylation is 1. The molecule has 2 amide bonds. The van der Waals surface area contributed by atoms with Gasteiger partial charge in [0.25, 0.3) is 0 Å². The van der Waals surface area contributed by atoms with Crippen LogP contribution in [0.3, 0.4) is 0 Å². The number of nitrogens with zero attached hydrogens (tertiary/aromatic N) is 1. The van der Waals surface area contributed by atoms with Crippen molar-refractivity contribution in [1.29, 1.82) is 0 Å². The zero-order chi connectivity index (χ0) is 20.2. The summed E-state index contributed by atoms with van der Waals surface area (Å²) in [6.07, 6.45) is -3.62. The number of hydrogen-bond acceptors (Lipinski definition) is 3. The van der Waals surface area contributed by atoms with Crippen LogP contribution in [0, 0.1) is 24.7 Å². The molecule has 2 aliphatic carbocycles. The molecule has 2 saturated carbocycles. The van der Waals surface area contributed by atoms with Crippen LogP contribution in [0.25, 0.3) is 0 Å². The third kappa shape index (κ3) is 3.33. The molecule has 152 valence electrons. The molecule has 2 atom stereocenters. The van der Waals surface area contributed by atoms with Crippen LogP contribution in [0.5, 0.6) is 0 Å². The van der Waals surface area contributed by atoms with Crippen molar-refractivity contribution in [2.24, 2.45) is 17.8 Å². The molecule has 0 bridgehead atoms. The van der Waals surface area contributed by atoms with E-state index in [4.69, 9.17) is 0 Å². The molecule has 0 radical (unpaired) electrons. The van der Waals surface area contributed by atoms with Crippen molar-refractivity contribution in [2.75, 3.05) is 20.2 Å². The molecule has 28 heavy (non-hydrogen) atoms. The topological polar surface area (TPSA) is 58.6 Å². The summed E-state index contributed by atoms with van der Waals surface area (Å²) in [5.41, 5.74) is 0.395. The minimum Gasteiger partial charge on any atom is -0.453 e. The lowest BCUT2D eigenvalue weighted by Crippen LogP contribution is -2.50. The average Bonchev–Trinajstić information content (AvgIpc) is 3.09. The van der Waals surface area contributed by atoms with Crippen LogP contribution < -0.4 is 5.32 Å². The Kier molecular flexibility index (Phi) is 4.55.